The monoisotopic (exact) mass is 478 g/mol. The lowest BCUT2D eigenvalue weighted by Crippen LogP contribution is -2.51. The minimum Gasteiger partial charge on any atom is -0.366 e. The van der Waals surface area contributed by atoms with Gasteiger partial charge >= 0.3 is 0 Å². The van der Waals surface area contributed by atoms with E-state index in [1.807, 2.05) is 10.0 Å². The maximum absolute atomic E-state index is 11.2. The molecular weight excluding hydrogens is 448 g/mol. The molecule has 2 saturated heterocycles. The first-order valence-electron chi connectivity index (χ1n) is 11.5. The highest BCUT2D eigenvalue weighted by atomic mass is 16.1. The molecule has 184 valence electrons. The van der Waals surface area contributed by atoms with Crippen LogP contribution in [0, 0.1) is 0 Å². The molecule has 2 aliphatic heterocycles. The second-order valence-electron chi connectivity index (χ2n) is 8.58. The normalized spacial score (nSPS) is 17.9. The molecule has 12 heteroatoms. The number of nitrogens with zero attached hydrogens (tertiary/aromatic N) is 8. The predicted molar refractivity (Wildman–Crippen MR) is 130 cm³/mol. The molecule has 2 fully saturated rings. The van der Waals surface area contributed by atoms with Gasteiger partial charge in [-0.25, -0.2) is 0 Å². The Labute approximate surface area is 203 Å². The molecule has 0 saturated carbocycles. The maximum Gasteiger partial charge on any atom is 0.248 e. The highest BCUT2D eigenvalue weighted by molar-refractivity contribution is 5.93. The molecule has 4 rings (SSSR count). The summed E-state index contributed by atoms with van der Waals surface area (Å²) in [5, 5.41) is 21.2. The van der Waals surface area contributed by atoms with Gasteiger partial charge in [-0.1, -0.05) is 10.4 Å². The first-order valence-corrected chi connectivity index (χ1v) is 11.5. The van der Waals surface area contributed by atoms with Gasteiger partial charge in [-0.2, -0.15) is 0 Å². The number of benzene rings is 2. The Balaban J connectivity index is 1.26. The zero-order valence-corrected chi connectivity index (χ0v) is 19.5. The smallest absolute Gasteiger partial charge is 0.248 e. The third kappa shape index (κ3) is 7.04. The molecule has 0 aromatic heterocycles. The highest BCUT2D eigenvalue weighted by Gasteiger charge is 2.22. The molecule has 2 aromatic rings. The molecule has 0 unspecified atom stereocenters. The predicted octanol–water partition coefficient (Wildman–Crippen LogP) is 2.47. The van der Waals surface area contributed by atoms with E-state index < -0.39 is 11.8 Å². The van der Waals surface area contributed by atoms with Crippen LogP contribution in [0.15, 0.2) is 69.2 Å². The van der Waals surface area contributed by atoms with Crippen molar-refractivity contribution >= 4 is 23.2 Å². The molecule has 0 aliphatic carbocycles. The number of carbonyl (C=O) groups is 2. The van der Waals surface area contributed by atoms with Gasteiger partial charge < -0.3 is 11.5 Å². The summed E-state index contributed by atoms with van der Waals surface area (Å²) in [5.74, 6) is -0.923. The van der Waals surface area contributed by atoms with Crippen LogP contribution in [0.5, 0.6) is 0 Å². The van der Waals surface area contributed by atoms with Gasteiger partial charge in [-0.3, -0.25) is 29.4 Å². The summed E-state index contributed by atoms with van der Waals surface area (Å²) in [6.45, 7) is 5.84. The third-order valence-electron chi connectivity index (χ3n) is 5.78. The summed E-state index contributed by atoms with van der Waals surface area (Å²) in [6, 6.07) is 13.5. The summed E-state index contributed by atoms with van der Waals surface area (Å²) in [7, 11) is 0. The lowest BCUT2D eigenvalue weighted by Gasteiger charge is -2.39. The third-order valence-corrected chi connectivity index (χ3v) is 5.78. The van der Waals surface area contributed by atoms with E-state index >= 15 is 0 Å². The number of carbonyl (C=O) groups excluding carboxylic acids is 2. The van der Waals surface area contributed by atoms with E-state index in [1.165, 1.54) is 0 Å². The molecule has 2 aromatic carbocycles. The average Bonchev–Trinajstić information content (AvgIpc) is 2.87. The second kappa shape index (κ2) is 11.5. The van der Waals surface area contributed by atoms with Gasteiger partial charge in [0.05, 0.1) is 31.4 Å². The Morgan fingerprint density at radius 1 is 0.657 bits per heavy atom. The van der Waals surface area contributed by atoms with Crippen LogP contribution in [0.2, 0.25) is 0 Å². The second-order valence-corrected chi connectivity index (χ2v) is 8.58. The Kier molecular flexibility index (Phi) is 7.95. The first kappa shape index (κ1) is 24.2. The standard InChI is InChI=1S/C23H30N10O2/c24-22(34)18-3-7-20(8-4-18)26-28-32-13-1-11-30(16-32)15-31-12-2-14-33(17-31)29-27-21-9-5-19(6-10-21)23(25)35/h3-10H,1-2,11-17H2,(H2,24,34)(H2,25,35). The van der Waals surface area contributed by atoms with Crippen molar-refractivity contribution in [2.24, 2.45) is 32.1 Å². The minimum absolute atomic E-state index is 0.448. The lowest BCUT2D eigenvalue weighted by atomic mass is 10.2. The Morgan fingerprint density at radius 2 is 1.06 bits per heavy atom. The molecule has 12 nitrogen and oxygen atoms in total. The van der Waals surface area contributed by atoms with E-state index in [2.05, 4.69) is 30.5 Å². The molecule has 2 heterocycles. The zero-order valence-electron chi connectivity index (χ0n) is 19.5. The average molecular weight is 479 g/mol. The highest BCUT2D eigenvalue weighted by Crippen LogP contribution is 2.18. The summed E-state index contributed by atoms with van der Waals surface area (Å²) in [6.07, 6.45) is 2.00. The van der Waals surface area contributed by atoms with Crippen LogP contribution in [-0.2, 0) is 0 Å². The van der Waals surface area contributed by atoms with Crippen LogP contribution >= 0.6 is 0 Å². The largest absolute Gasteiger partial charge is 0.366 e. The lowest BCUT2D eigenvalue weighted by molar-refractivity contribution is -0.00455. The van der Waals surface area contributed by atoms with Crippen molar-refractivity contribution in [2.45, 2.75) is 12.8 Å². The van der Waals surface area contributed by atoms with E-state index in [9.17, 15) is 9.59 Å². The number of hydrogen-bond donors (Lipinski definition) is 2. The fraction of sp³-hybridized carbons (Fsp3) is 0.391. The molecule has 2 amide bonds. The van der Waals surface area contributed by atoms with Gasteiger partial charge in [0.25, 0.3) is 0 Å². The van der Waals surface area contributed by atoms with Crippen molar-refractivity contribution in [2.75, 3.05) is 46.2 Å². The van der Waals surface area contributed by atoms with Crippen LogP contribution in [0.1, 0.15) is 33.6 Å². The van der Waals surface area contributed by atoms with E-state index in [1.54, 1.807) is 48.5 Å². The molecule has 0 atom stereocenters. The van der Waals surface area contributed by atoms with Crippen molar-refractivity contribution in [3.8, 4) is 0 Å². The van der Waals surface area contributed by atoms with Crippen LogP contribution in [0.4, 0.5) is 11.4 Å². The topological polar surface area (TPSA) is 149 Å². The minimum atomic E-state index is -0.461. The molecule has 2 aliphatic rings. The molecule has 0 bridgehead atoms. The number of primary amides is 2. The fourth-order valence-electron chi connectivity index (χ4n) is 3.97. The van der Waals surface area contributed by atoms with Gasteiger partial charge in [-0.15, -0.1) is 10.2 Å². The van der Waals surface area contributed by atoms with Gasteiger partial charge in [-0.05, 0) is 61.4 Å². The molecule has 0 spiro atoms. The summed E-state index contributed by atoms with van der Waals surface area (Å²) >= 11 is 0. The summed E-state index contributed by atoms with van der Waals surface area (Å²) < 4.78 is 0. The van der Waals surface area contributed by atoms with Crippen molar-refractivity contribution < 1.29 is 9.59 Å². The van der Waals surface area contributed by atoms with Gasteiger partial charge in [0.15, 0.2) is 0 Å². The van der Waals surface area contributed by atoms with Gasteiger partial charge in [0.1, 0.15) is 0 Å². The van der Waals surface area contributed by atoms with Gasteiger partial charge in [0.2, 0.25) is 11.8 Å². The van der Waals surface area contributed by atoms with E-state index in [-0.39, 0.29) is 0 Å². The first-order chi connectivity index (χ1) is 17.0. The number of nitrogens with two attached hydrogens (primary N) is 2. The Hall–Kier alpha value is -3.90. The van der Waals surface area contributed by atoms with Crippen LogP contribution in [-0.4, -0.2) is 77.8 Å². The van der Waals surface area contributed by atoms with Crippen LogP contribution in [0.3, 0.4) is 0 Å². The van der Waals surface area contributed by atoms with E-state index in [4.69, 9.17) is 11.5 Å². The molecule has 35 heavy (non-hydrogen) atoms. The number of hydrogen-bond acceptors (Lipinski definition) is 8. The van der Waals surface area contributed by atoms with Crippen molar-refractivity contribution in [3.05, 3.63) is 59.7 Å². The van der Waals surface area contributed by atoms with Crippen molar-refractivity contribution in [1.82, 2.24) is 19.8 Å². The quantitative estimate of drug-likeness (QED) is 0.557. The Morgan fingerprint density at radius 3 is 1.43 bits per heavy atom. The Bertz CT molecular complexity index is 985. The van der Waals surface area contributed by atoms with Crippen LogP contribution < -0.4 is 11.5 Å². The summed E-state index contributed by atoms with van der Waals surface area (Å²) in [5.41, 5.74) is 12.8. The number of amides is 2. The van der Waals surface area contributed by atoms with E-state index in [0.29, 0.717) is 35.8 Å². The van der Waals surface area contributed by atoms with E-state index in [0.717, 1.165) is 45.7 Å². The van der Waals surface area contributed by atoms with Crippen molar-refractivity contribution in [1.29, 1.82) is 0 Å². The molecule has 4 N–H and O–H groups in total. The fourth-order valence-corrected chi connectivity index (χ4v) is 3.97. The zero-order chi connectivity index (χ0) is 24.6. The van der Waals surface area contributed by atoms with Gasteiger partial charge in [0, 0.05) is 37.3 Å². The maximum atomic E-state index is 11.2. The SMILES string of the molecule is NC(=O)c1ccc(N=NN2CCCN(CN3CCCN(N=Nc4ccc(C(N)=O)cc4)C3)C2)cc1. The summed E-state index contributed by atoms with van der Waals surface area (Å²) in [4.78, 5) is 27.1. The van der Waals surface area contributed by atoms with Crippen molar-refractivity contribution in [3.63, 3.8) is 0 Å². The molecule has 0 radical (unpaired) electrons. The number of rotatable bonds is 8. The van der Waals surface area contributed by atoms with Crippen LogP contribution in [0.25, 0.3) is 0 Å². The molecular formula is C23H30N10O2.